The number of aryl methyl sites for hydroxylation is 1. The highest BCUT2D eigenvalue weighted by Crippen LogP contribution is 2.45. The summed E-state index contributed by atoms with van der Waals surface area (Å²) >= 11 is 0. The van der Waals surface area contributed by atoms with Crippen molar-refractivity contribution >= 4 is 10.0 Å². The normalized spacial score (nSPS) is 31.7. The van der Waals surface area contributed by atoms with Crippen molar-refractivity contribution in [3.05, 3.63) is 41.5 Å². The Labute approximate surface area is 218 Å². The molecule has 1 heterocycles. The van der Waals surface area contributed by atoms with Crippen LogP contribution in [0.3, 0.4) is 0 Å². The largest absolute Gasteiger partial charge is 0.343 e. The van der Waals surface area contributed by atoms with E-state index in [2.05, 4.69) is 10.8 Å². The van der Waals surface area contributed by atoms with Gasteiger partial charge in [0, 0.05) is 0 Å². The molecular formula is C30H45NO4S. The summed E-state index contributed by atoms with van der Waals surface area (Å²) in [5.74, 6) is 0.739. The molecule has 1 aliphatic heterocycles. The Hall–Kier alpha value is -1.21. The van der Waals surface area contributed by atoms with Gasteiger partial charge in [-0.05, 0) is 69.1 Å². The monoisotopic (exact) mass is 515 g/mol. The topological polar surface area (TPSA) is 64.6 Å². The maximum Gasteiger partial charge on any atom is 0.240 e. The third kappa shape index (κ3) is 6.09. The fourth-order valence-corrected chi connectivity index (χ4v) is 8.40. The van der Waals surface area contributed by atoms with Crippen LogP contribution in [0, 0.1) is 24.7 Å². The van der Waals surface area contributed by atoms with Gasteiger partial charge < -0.3 is 9.47 Å². The molecule has 1 saturated heterocycles. The minimum absolute atomic E-state index is 0.116. The Kier molecular flexibility index (Phi) is 7.98. The van der Waals surface area contributed by atoms with Gasteiger partial charge >= 0.3 is 0 Å². The zero-order valence-corrected chi connectivity index (χ0v) is 23.2. The van der Waals surface area contributed by atoms with Gasteiger partial charge in [-0.2, -0.15) is 0 Å². The molecule has 5 nitrogen and oxygen atoms in total. The molecule has 0 aromatic heterocycles. The van der Waals surface area contributed by atoms with Gasteiger partial charge in [-0.3, -0.25) is 0 Å². The van der Waals surface area contributed by atoms with Crippen molar-refractivity contribution in [3.63, 3.8) is 0 Å². The lowest BCUT2D eigenvalue weighted by Gasteiger charge is -2.40. The van der Waals surface area contributed by atoms with Gasteiger partial charge in [0.15, 0.2) is 5.79 Å². The predicted octanol–water partition coefficient (Wildman–Crippen LogP) is 6.66. The molecule has 1 aromatic carbocycles. The van der Waals surface area contributed by atoms with E-state index in [9.17, 15) is 8.42 Å². The maximum atomic E-state index is 13.6. The van der Waals surface area contributed by atoms with E-state index in [-0.39, 0.29) is 24.2 Å². The molecule has 2 saturated carbocycles. The Morgan fingerprint density at radius 1 is 0.889 bits per heavy atom. The van der Waals surface area contributed by atoms with E-state index < -0.39 is 15.8 Å². The first-order valence-electron chi connectivity index (χ1n) is 14.4. The summed E-state index contributed by atoms with van der Waals surface area (Å²) < 4.78 is 43.3. The molecule has 0 unspecified atom stereocenters. The highest BCUT2D eigenvalue weighted by atomic mass is 32.2. The van der Waals surface area contributed by atoms with E-state index in [1.54, 1.807) is 12.1 Å². The van der Waals surface area contributed by atoms with Crippen molar-refractivity contribution in [2.45, 2.75) is 127 Å². The van der Waals surface area contributed by atoms with Crippen molar-refractivity contribution in [2.75, 3.05) is 0 Å². The smallest absolute Gasteiger partial charge is 0.240 e. The van der Waals surface area contributed by atoms with E-state index in [4.69, 9.17) is 9.47 Å². The summed E-state index contributed by atoms with van der Waals surface area (Å²) in [5.41, 5.74) is 2.40. The second-order valence-electron chi connectivity index (χ2n) is 12.3. The number of fused-ring (bicyclic) bond motifs is 1. The first-order valence-corrected chi connectivity index (χ1v) is 15.8. The van der Waals surface area contributed by atoms with Gasteiger partial charge in [0.05, 0.1) is 10.9 Å². The van der Waals surface area contributed by atoms with E-state index >= 15 is 0 Å². The van der Waals surface area contributed by atoms with Crippen molar-refractivity contribution in [2.24, 2.45) is 17.8 Å². The van der Waals surface area contributed by atoms with Crippen molar-refractivity contribution in [3.8, 4) is 0 Å². The predicted molar refractivity (Wildman–Crippen MR) is 143 cm³/mol. The summed E-state index contributed by atoms with van der Waals surface area (Å²) in [6.45, 7) is 5.90. The van der Waals surface area contributed by atoms with Crippen LogP contribution in [0.4, 0.5) is 0 Å². The van der Waals surface area contributed by atoms with Crippen molar-refractivity contribution in [1.82, 2.24) is 4.72 Å². The van der Waals surface area contributed by atoms with E-state index in [1.165, 1.54) is 69.8 Å². The lowest BCUT2D eigenvalue weighted by Crippen LogP contribution is -2.54. The van der Waals surface area contributed by atoms with Crippen LogP contribution in [0.1, 0.15) is 96.5 Å². The molecule has 3 aliphatic carbocycles. The lowest BCUT2D eigenvalue weighted by atomic mass is 9.73. The minimum Gasteiger partial charge on any atom is -0.343 e. The van der Waals surface area contributed by atoms with Crippen LogP contribution in [0.25, 0.3) is 0 Å². The van der Waals surface area contributed by atoms with Crippen LogP contribution in [-0.2, 0) is 19.5 Å². The van der Waals surface area contributed by atoms with Gasteiger partial charge in [-0.15, -0.1) is 0 Å². The fourth-order valence-electron chi connectivity index (χ4n) is 7.11. The molecule has 0 spiro atoms. The number of ether oxygens (including phenoxy) is 2. The zero-order chi connectivity index (χ0) is 25.3. The Morgan fingerprint density at radius 3 is 2.14 bits per heavy atom. The van der Waals surface area contributed by atoms with Gasteiger partial charge in [-0.25, -0.2) is 13.1 Å². The summed E-state index contributed by atoms with van der Waals surface area (Å²) in [6.07, 6.45) is 16.9. The molecule has 200 valence electrons. The number of hydrogen-bond acceptors (Lipinski definition) is 4. The summed E-state index contributed by atoms with van der Waals surface area (Å²) in [6, 6.07) is 6.79. The van der Waals surface area contributed by atoms with Gasteiger partial charge in [0.25, 0.3) is 0 Å². The summed E-state index contributed by atoms with van der Waals surface area (Å²) in [7, 11) is -3.69. The van der Waals surface area contributed by atoms with Gasteiger partial charge in [-0.1, -0.05) is 88.0 Å². The third-order valence-corrected chi connectivity index (χ3v) is 10.4. The highest BCUT2D eigenvalue weighted by Gasteiger charge is 2.52. The van der Waals surface area contributed by atoms with Crippen LogP contribution >= 0.6 is 0 Å². The van der Waals surface area contributed by atoms with Crippen LogP contribution in [-0.4, -0.2) is 32.5 Å². The number of sulfonamides is 1. The molecule has 6 heteroatoms. The van der Waals surface area contributed by atoms with Gasteiger partial charge in [0.1, 0.15) is 12.2 Å². The quantitative estimate of drug-likeness (QED) is 0.413. The molecule has 4 atom stereocenters. The van der Waals surface area contributed by atoms with Crippen LogP contribution in [0.5, 0.6) is 0 Å². The number of nitrogens with one attached hydrogen (secondary N) is 1. The molecule has 3 fully saturated rings. The van der Waals surface area contributed by atoms with E-state index in [0.29, 0.717) is 16.7 Å². The maximum absolute atomic E-state index is 13.6. The Bertz CT molecular complexity index is 1020. The van der Waals surface area contributed by atoms with Crippen LogP contribution in [0.15, 0.2) is 40.8 Å². The molecule has 0 amide bonds. The number of benzene rings is 1. The molecular weight excluding hydrogens is 470 g/mol. The standard InChI is InChI=1S/C30H45NO4S/c1-21-14-16-26(17-15-21)36(32,33)31-27-24(18-22-10-6-4-7-11-22)20-25(19-23-12-8-5-9-13-23)28-29(27)35-30(2,3)34-28/h14-17,20,22-24,27-29,31H,4-13,18-19H2,1-3H3/t24-,27-,28-,29+/m1/s1. The first kappa shape index (κ1) is 26.4. The molecule has 1 aromatic rings. The zero-order valence-electron chi connectivity index (χ0n) is 22.4. The number of rotatable bonds is 7. The third-order valence-electron chi connectivity index (χ3n) is 8.94. The van der Waals surface area contributed by atoms with Crippen molar-refractivity contribution < 1.29 is 17.9 Å². The molecule has 5 rings (SSSR count). The minimum atomic E-state index is -3.69. The van der Waals surface area contributed by atoms with Crippen molar-refractivity contribution in [1.29, 1.82) is 0 Å². The molecule has 1 N–H and O–H groups in total. The molecule has 36 heavy (non-hydrogen) atoms. The highest BCUT2D eigenvalue weighted by molar-refractivity contribution is 7.89. The van der Waals surface area contributed by atoms with Crippen LogP contribution in [0.2, 0.25) is 0 Å². The SMILES string of the molecule is Cc1ccc(S(=O)(=O)N[C@H]2[C@@H]3OC(C)(C)O[C@@H]3C(CC3CCCCC3)=C[C@H]2CC2CCCCC2)cc1. The van der Waals surface area contributed by atoms with Gasteiger partial charge in [0.2, 0.25) is 10.0 Å². The second kappa shape index (κ2) is 10.9. The fraction of sp³-hybridized carbons (Fsp3) is 0.733. The van der Waals surface area contributed by atoms with E-state index in [1.807, 2.05) is 32.9 Å². The number of hydrogen-bond donors (Lipinski definition) is 1. The Morgan fingerprint density at radius 2 is 1.50 bits per heavy atom. The molecule has 0 radical (unpaired) electrons. The lowest BCUT2D eigenvalue weighted by molar-refractivity contribution is -0.146. The van der Waals surface area contributed by atoms with Crippen LogP contribution < -0.4 is 4.72 Å². The van der Waals surface area contributed by atoms with E-state index in [0.717, 1.165) is 18.4 Å². The second-order valence-corrected chi connectivity index (χ2v) is 14.0. The summed E-state index contributed by atoms with van der Waals surface area (Å²) in [5, 5.41) is 0. The average Bonchev–Trinajstić information content (AvgIpc) is 3.18. The summed E-state index contributed by atoms with van der Waals surface area (Å²) in [4.78, 5) is 0.316. The first-order chi connectivity index (χ1) is 17.2. The average molecular weight is 516 g/mol. The molecule has 0 bridgehead atoms. The Balaban J connectivity index is 1.46. The molecule has 4 aliphatic rings.